The third-order valence-corrected chi connectivity index (χ3v) is 7.51. The van der Waals surface area contributed by atoms with Crippen LogP contribution in [0.15, 0.2) is 18.5 Å². The van der Waals surface area contributed by atoms with Gasteiger partial charge in [-0.1, -0.05) is 0 Å². The molecule has 39 heavy (non-hydrogen) atoms. The standard InChI is InChI=1S/C25H24F2N8O4/c1-10(37)22-29-6-13(7-30-22)39-25-32-23-18(17-19(27)15(26)5-16(20(17)31-23)34(2)9-36)24(33-25)35-8-11-3-12(35)4-14(11)21(28)38/h5-7,9-12,14,37H,3-4,8H2,1-2H3,(H2,28,38)(H,31,32,33)/t10-,11+,12-,14-/m1/s1. The van der Waals surface area contributed by atoms with Gasteiger partial charge in [-0.25, -0.2) is 18.7 Å². The van der Waals surface area contributed by atoms with Crippen LogP contribution in [0.1, 0.15) is 31.7 Å². The van der Waals surface area contributed by atoms with Crippen LogP contribution in [-0.2, 0) is 9.59 Å². The first-order valence-corrected chi connectivity index (χ1v) is 12.3. The lowest BCUT2D eigenvalue weighted by atomic mass is 9.94. The Morgan fingerprint density at radius 3 is 2.64 bits per heavy atom. The summed E-state index contributed by atoms with van der Waals surface area (Å²) in [6, 6.07) is 0.714. The first-order chi connectivity index (χ1) is 18.7. The fourth-order valence-electron chi connectivity index (χ4n) is 5.69. The first kappa shape index (κ1) is 24.9. The molecule has 2 aliphatic rings. The van der Waals surface area contributed by atoms with Crippen molar-refractivity contribution in [3.05, 3.63) is 35.9 Å². The molecule has 12 nitrogen and oxygen atoms in total. The number of carbonyl (C=O) groups excluding carboxylic acids is 2. The van der Waals surface area contributed by atoms with E-state index in [2.05, 4.69) is 24.9 Å². The van der Waals surface area contributed by atoms with Crippen molar-refractivity contribution in [1.29, 1.82) is 0 Å². The highest BCUT2D eigenvalue weighted by Gasteiger charge is 2.48. The minimum Gasteiger partial charge on any atom is -0.421 e. The van der Waals surface area contributed by atoms with E-state index < -0.39 is 17.7 Å². The Morgan fingerprint density at radius 1 is 1.28 bits per heavy atom. The Morgan fingerprint density at radius 2 is 2.03 bits per heavy atom. The predicted molar refractivity (Wildman–Crippen MR) is 135 cm³/mol. The molecule has 3 aromatic heterocycles. The molecular weight excluding hydrogens is 514 g/mol. The Kier molecular flexibility index (Phi) is 5.79. The van der Waals surface area contributed by atoms with Crippen LogP contribution in [0.3, 0.4) is 0 Å². The molecule has 2 amide bonds. The van der Waals surface area contributed by atoms with Gasteiger partial charge in [0.2, 0.25) is 12.3 Å². The van der Waals surface area contributed by atoms with Gasteiger partial charge in [-0.15, -0.1) is 0 Å². The number of fused-ring (bicyclic) bond motifs is 5. The van der Waals surface area contributed by atoms with Crippen molar-refractivity contribution >= 4 is 45.8 Å². The van der Waals surface area contributed by atoms with Gasteiger partial charge in [-0.2, -0.15) is 9.97 Å². The van der Waals surface area contributed by atoms with E-state index in [1.165, 1.54) is 26.4 Å². The number of halogens is 2. The normalized spacial score (nSPS) is 21.1. The van der Waals surface area contributed by atoms with Crippen molar-refractivity contribution in [3.63, 3.8) is 0 Å². The number of primary amides is 1. The van der Waals surface area contributed by atoms with Crippen LogP contribution in [0.4, 0.5) is 20.3 Å². The molecule has 1 aromatic carbocycles. The second kappa shape index (κ2) is 9.08. The van der Waals surface area contributed by atoms with Crippen molar-refractivity contribution in [3.8, 4) is 11.8 Å². The van der Waals surface area contributed by atoms with Crippen LogP contribution in [0.5, 0.6) is 11.8 Å². The van der Waals surface area contributed by atoms with E-state index in [1.807, 2.05) is 4.90 Å². The van der Waals surface area contributed by atoms with Gasteiger partial charge in [0.05, 0.1) is 34.4 Å². The summed E-state index contributed by atoms with van der Waals surface area (Å²) in [5, 5.41) is 9.78. The van der Waals surface area contributed by atoms with Gasteiger partial charge in [0.15, 0.2) is 23.2 Å². The molecule has 1 aliphatic carbocycles. The number of anilines is 2. The topological polar surface area (TPSA) is 163 Å². The number of hydrogen-bond donors (Lipinski definition) is 3. The fraction of sp³-hybridized carbons (Fsp3) is 0.360. The molecule has 202 valence electrons. The molecule has 2 fully saturated rings. The molecule has 4 aromatic rings. The number of nitrogens with zero attached hydrogens (tertiary/aromatic N) is 6. The number of H-pyrrole nitrogens is 1. The van der Waals surface area contributed by atoms with Crippen molar-refractivity contribution in [2.75, 3.05) is 23.4 Å². The van der Waals surface area contributed by atoms with Crippen molar-refractivity contribution in [2.45, 2.75) is 31.9 Å². The highest BCUT2D eigenvalue weighted by molar-refractivity contribution is 6.16. The molecule has 4 atom stereocenters. The maximum Gasteiger partial charge on any atom is 0.326 e. The van der Waals surface area contributed by atoms with Gasteiger partial charge in [0, 0.05) is 31.6 Å². The van der Waals surface area contributed by atoms with Crippen molar-refractivity contribution < 1.29 is 28.2 Å². The minimum absolute atomic E-state index is 0.00755. The number of ether oxygens (including phenoxy) is 1. The number of benzene rings is 1. The van der Waals surface area contributed by atoms with Crippen LogP contribution < -0.4 is 20.3 Å². The van der Waals surface area contributed by atoms with Crippen LogP contribution in [0.2, 0.25) is 0 Å². The van der Waals surface area contributed by atoms with Gasteiger partial charge >= 0.3 is 6.01 Å². The molecule has 1 aliphatic heterocycles. The molecule has 0 spiro atoms. The second-order valence-electron chi connectivity index (χ2n) is 9.94. The average molecular weight is 539 g/mol. The molecule has 0 radical (unpaired) electrons. The zero-order valence-corrected chi connectivity index (χ0v) is 20.9. The third kappa shape index (κ3) is 3.98. The van der Waals surface area contributed by atoms with Gasteiger partial charge in [0.25, 0.3) is 0 Å². The molecule has 2 bridgehead atoms. The third-order valence-electron chi connectivity index (χ3n) is 7.51. The van der Waals surface area contributed by atoms with Gasteiger partial charge in [-0.3, -0.25) is 9.59 Å². The summed E-state index contributed by atoms with van der Waals surface area (Å²) < 4.78 is 36.0. The Labute approximate surface area is 219 Å². The molecule has 1 saturated carbocycles. The first-order valence-electron chi connectivity index (χ1n) is 12.3. The van der Waals surface area contributed by atoms with E-state index in [0.29, 0.717) is 31.6 Å². The van der Waals surface area contributed by atoms with Crippen LogP contribution >= 0.6 is 0 Å². The lowest BCUT2D eigenvalue weighted by Crippen LogP contribution is -2.40. The molecule has 14 heteroatoms. The lowest BCUT2D eigenvalue weighted by Gasteiger charge is -2.31. The largest absolute Gasteiger partial charge is 0.421 e. The predicted octanol–water partition coefficient (Wildman–Crippen LogP) is 2.32. The lowest BCUT2D eigenvalue weighted by molar-refractivity contribution is -0.122. The monoisotopic (exact) mass is 538 g/mol. The minimum atomic E-state index is -1.13. The van der Waals surface area contributed by atoms with E-state index in [9.17, 15) is 19.1 Å². The number of rotatable bonds is 7. The number of nitrogens with two attached hydrogens (primary N) is 1. The smallest absolute Gasteiger partial charge is 0.326 e. The summed E-state index contributed by atoms with van der Waals surface area (Å²) in [7, 11) is 1.42. The summed E-state index contributed by atoms with van der Waals surface area (Å²) in [5.74, 6) is -2.19. The number of carbonyl (C=O) groups is 2. The average Bonchev–Trinajstić information content (AvgIpc) is 3.63. The molecular formula is C25H24F2N8O4. The van der Waals surface area contributed by atoms with Crippen LogP contribution in [0, 0.1) is 23.5 Å². The van der Waals surface area contributed by atoms with E-state index >= 15 is 4.39 Å². The van der Waals surface area contributed by atoms with E-state index in [4.69, 9.17) is 10.5 Å². The van der Waals surface area contributed by atoms with Gasteiger partial charge < -0.3 is 30.4 Å². The van der Waals surface area contributed by atoms with Crippen molar-refractivity contribution in [1.82, 2.24) is 24.9 Å². The Bertz CT molecular complexity index is 1630. The SMILES string of the molecule is C[C@@H](O)c1ncc(Oc2nc(N3C[C@@H]4C[C@@H]3C[C@H]4C(N)=O)c3c(n2)[nH]c2c(N(C)C=O)cc(F)c(F)c23)cn1. The fourth-order valence-corrected chi connectivity index (χ4v) is 5.69. The highest BCUT2D eigenvalue weighted by atomic mass is 19.2. The molecule has 6 rings (SSSR count). The summed E-state index contributed by atoms with van der Waals surface area (Å²) in [6.07, 6.45) is 3.54. The number of aromatic amines is 1. The number of aromatic nitrogens is 5. The Balaban J connectivity index is 1.53. The second-order valence-corrected chi connectivity index (χ2v) is 9.94. The maximum atomic E-state index is 15.4. The summed E-state index contributed by atoms with van der Waals surface area (Å²) in [5.41, 5.74) is 6.03. The number of amides is 2. The zero-order chi connectivity index (χ0) is 27.6. The number of piperidine rings is 1. The van der Waals surface area contributed by atoms with Crippen LogP contribution in [-0.4, -0.2) is 62.0 Å². The van der Waals surface area contributed by atoms with E-state index in [1.54, 1.807) is 0 Å². The molecule has 1 saturated heterocycles. The number of aliphatic hydroxyl groups excluding tert-OH is 1. The molecule has 0 unspecified atom stereocenters. The summed E-state index contributed by atoms with van der Waals surface area (Å²) in [6.45, 7) is 1.96. The molecule has 4 N–H and O–H groups in total. The Hall–Kier alpha value is -4.46. The highest BCUT2D eigenvalue weighted by Crippen LogP contribution is 2.47. The summed E-state index contributed by atoms with van der Waals surface area (Å²) in [4.78, 5) is 46.6. The number of hydrogen-bond acceptors (Lipinski definition) is 9. The quantitative estimate of drug-likeness (QED) is 0.300. The molecule has 4 heterocycles. The number of nitrogens with one attached hydrogen (secondary N) is 1. The van der Waals surface area contributed by atoms with Crippen molar-refractivity contribution in [2.24, 2.45) is 17.6 Å². The van der Waals surface area contributed by atoms with Gasteiger partial charge in [-0.05, 0) is 25.7 Å². The summed E-state index contributed by atoms with van der Waals surface area (Å²) >= 11 is 0. The van der Waals surface area contributed by atoms with E-state index in [0.717, 1.165) is 11.0 Å². The number of aliphatic hydroxyl groups is 1. The maximum absolute atomic E-state index is 15.4. The van der Waals surface area contributed by atoms with Crippen LogP contribution in [0.25, 0.3) is 21.9 Å². The van der Waals surface area contributed by atoms with E-state index in [-0.39, 0.29) is 69.0 Å². The van der Waals surface area contributed by atoms with Gasteiger partial charge in [0.1, 0.15) is 17.6 Å². The zero-order valence-electron chi connectivity index (χ0n) is 20.9.